The molecule has 9 heteroatoms. The molecule has 0 spiro atoms. The van der Waals surface area contributed by atoms with Crippen molar-refractivity contribution in [3.05, 3.63) is 42.2 Å². The molecule has 25 heavy (non-hydrogen) atoms. The Morgan fingerprint density at radius 2 is 2.00 bits per heavy atom. The van der Waals surface area contributed by atoms with E-state index in [1.54, 1.807) is 43.1 Å². The number of sulfone groups is 1. The number of carbonyl (C=O) groups is 2. The minimum Gasteiger partial charge on any atom is -0.344 e. The van der Waals surface area contributed by atoms with E-state index in [9.17, 15) is 18.0 Å². The second-order valence-electron chi connectivity index (χ2n) is 5.81. The lowest BCUT2D eigenvalue weighted by Crippen LogP contribution is -2.42. The third-order valence-electron chi connectivity index (χ3n) is 3.49. The van der Waals surface area contributed by atoms with Crippen molar-refractivity contribution in [3.63, 3.8) is 0 Å². The average molecular weight is 364 g/mol. The Balaban J connectivity index is 2.02. The van der Waals surface area contributed by atoms with Crippen molar-refractivity contribution in [2.75, 3.05) is 11.6 Å². The molecule has 1 aromatic heterocycles. The van der Waals surface area contributed by atoms with Gasteiger partial charge in [0, 0.05) is 30.4 Å². The topological polar surface area (TPSA) is 110 Å². The standard InChI is InChI=1S/C16H20N4O4S/c1-11-5-6-13(25(3,23)24)9-14(11)19-16(22)15(21)18-12(2)10-20-8-4-7-17-20/h4-9,12H,10H2,1-3H3,(H,18,21)(H,19,22)/t12-/m1/s1. The van der Waals surface area contributed by atoms with Crippen molar-refractivity contribution in [2.24, 2.45) is 0 Å². The second kappa shape index (κ2) is 7.47. The van der Waals surface area contributed by atoms with Crippen molar-refractivity contribution in [2.45, 2.75) is 31.3 Å². The molecule has 0 unspecified atom stereocenters. The highest BCUT2D eigenvalue weighted by molar-refractivity contribution is 7.90. The van der Waals surface area contributed by atoms with E-state index < -0.39 is 21.7 Å². The van der Waals surface area contributed by atoms with Crippen LogP contribution in [-0.4, -0.2) is 42.3 Å². The fraction of sp³-hybridized carbons (Fsp3) is 0.312. The molecule has 0 bridgehead atoms. The lowest BCUT2D eigenvalue weighted by Gasteiger charge is -2.14. The van der Waals surface area contributed by atoms with Crippen molar-refractivity contribution < 1.29 is 18.0 Å². The number of nitrogens with zero attached hydrogens (tertiary/aromatic N) is 2. The van der Waals surface area contributed by atoms with E-state index in [1.807, 2.05) is 0 Å². The largest absolute Gasteiger partial charge is 0.344 e. The summed E-state index contributed by atoms with van der Waals surface area (Å²) in [5.41, 5.74) is 0.931. The van der Waals surface area contributed by atoms with Crippen LogP contribution in [0.4, 0.5) is 5.69 Å². The molecule has 2 aromatic rings. The van der Waals surface area contributed by atoms with Crippen LogP contribution in [-0.2, 0) is 26.0 Å². The quantitative estimate of drug-likeness (QED) is 0.760. The molecule has 0 aliphatic rings. The molecule has 2 rings (SSSR count). The van der Waals surface area contributed by atoms with Gasteiger partial charge in [-0.1, -0.05) is 6.07 Å². The lowest BCUT2D eigenvalue weighted by molar-refractivity contribution is -0.136. The molecule has 0 fully saturated rings. The van der Waals surface area contributed by atoms with E-state index in [2.05, 4.69) is 15.7 Å². The van der Waals surface area contributed by atoms with Gasteiger partial charge in [-0.05, 0) is 37.6 Å². The Bertz CT molecular complexity index is 876. The molecule has 1 aromatic carbocycles. The molecule has 0 radical (unpaired) electrons. The van der Waals surface area contributed by atoms with Crippen LogP contribution in [0.5, 0.6) is 0 Å². The second-order valence-corrected chi connectivity index (χ2v) is 7.82. The van der Waals surface area contributed by atoms with Gasteiger partial charge in [0.2, 0.25) is 0 Å². The number of anilines is 1. The number of benzene rings is 1. The van der Waals surface area contributed by atoms with Gasteiger partial charge in [-0.3, -0.25) is 14.3 Å². The average Bonchev–Trinajstić information content (AvgIpc) is 3.00. The number of amides is 2. The van der Waals surface area contributed by atoms with Crippen molar-refractivity contribution in [1.29, 1.82) is 0 Å². The van der Waals surface area contributed by atoms with Gasteiger partial charge < -0.3 is 10.6 Å². The predicted octanol–water partition coefficient (Wildman–Crippen LogP) is 0.738. The third kappa shape index (κ3) is 5.15. The zero-order valence-corrected chi connectivity index (χ0v) is 15.0. The molecule has 0 aliphatic carbocycles. The number of nitrogens with one attached hydrogen (secondary N) is 2. The summed E-state index contributed by atoms with van der Waals surface area (Å²) in [4.78, 5) is 24.1. The molecule has 8 nitrogen and oxygen atoms in total. The first-order valence-corrected chi connectivity index (χ1v) is 9.46. The highest BCUT2D eigenvalue weighted by atomic mass is 32.2. The molecule has 1 atom stereocenters. The minimum atomic E-state index is -3.41. The van der Waals surface area contributed by atoms with Crippen LogP contribution in [0.25, 0.3) is 0 Å². The van der Waals surface area contributed by atoms with Gasteiger partial charge in [0.1, 0.15) is 0 Å². The monoisotopic (exact) mass is 364 g/mol. The van der Waals surface area contributed by atoms with Crippen LogP contribution in [0.15, 0.2) is 41.6 Å². The molecule has 2 N–H and O–H groups in total. The van der Waals surface area contributed by atoms with E-state index >= 15 is 0 Å². The number of aromatic nitrogens is 2. The summed E-state index contributed by atoms with van der Waals surface area (Å²) in [5.74, 6) is -1.66. The Morgan fingerprint density at radius 3 is 2.60 bits per heavy atom. The van der Waals surface area contributed by atoms with E-state index in [0.29, 0.717) is 12.1 Å². The van der Waals surface area contributed by atoms with Crippen molar-refractivity contribution >= 4 is 27.3 Å². The highest BCUT2D eigenvalue weighted by Crippen LogP contribution is 2.20. The summed E-state index contributed by atoms with van der Waals surface area (Å²) in [6.45, 7) is 3.89. The van der Waals surface area contributed by atoms with Crippen LogP contribution in [0.2, 0.25) is 0 Å². The summed E-state index contributed by atoms with van der Waals surface area (Å²) in [6, 6.07) is 5.82. The summed E-state index contributed by atoms with van der Waals surface area (Å²) in [7, 11) is -3.41. The van der Waals surface area contributed by atoms with E-state index in [1.165, 1.54) is 12.1 Å². The van der Waals surface area contributed by atoms with Crippen LogP contribution < -0.4 is 10.6 Å². The molecule has 2 amide bonds. The molecule has 134 valence electrons. The molecule has 1 heterocycles. The molecular formula is C16H20N4O4S. The predicted molar refractivity (Wildman–Crippen MR) is 92.8 cm³/mol. The Hall–Kier alpha value is -2.68. The smallest absolute Gasteiger partial charge is 0.313 e. The van der Waals surface area contributed by atoms with Gasteiger partial charge in [0.25, 0.3) is 0 Å². The van der Waals surface area contributed by atoms with Crippen molar-refractivity contribution in [3.8, 4) is 0 Å². The summed E-state index contributed by atoms with van der Waals surface area (Å²) in [5, 5.41) is 9.05. The minimum absolute atomic E-state index is 0.0702. The zero-order valence-electron chi connectivity index (χ0n) is 14.2. The van der Waals surface area contributed by atoms with Crippen LogP contribution in [0.1, 0.15) is 12.5 Å². The Kier molecular flexibility index (Phi) is 5.58. The van der Waals surface area contributed by atoms with E-state index in [-0.39, 0.29) is 16.6 Å². The van der Waals surface area contributed by atoms with E-state index in [4.69, 9.17) is 0 Å². The van der Waals surface area contributed by atoms with Gasteiger partial charge >= 0.3 is 11.8 Å². The summed E-state index contributed by atoms with van der Waals surface area (Å²) in [6.07, 6.45) is 4.45. The Morgan fingerprint density at radius 1 is 1.28 bits per heavy atom. The SMILES string of the molecule is Cc1ccc(S(C)(=O)=O)cc1NC(=O)C(=O)N[C@H](C)Cn1cccn1. The number of aryl methyl sites for hydroxylation is 1. The highest BCUT2D eigenvalue weighted by Gasteiger charge is 2.18. The summed E-state index contributed by atoms with van der Waals surface area (Å²) >= 11 is 0. The van der Waals surface area contributed by atoms with Crippen LogP contribution >= 0.6 is 0 Å². The zero-order chi connectivity index (χ0) is 18.6. The third-order valence-corrected chi connectivity index (χ3v) is 4.60. The maximum Gasteiger partial charge on any atom is 0.313 e. The van der Waals surface area contributed by atoms with Gasteiger partial charge in [-0.15, -0.1) is 0 Å². The lowest BCUT2D eigenvalue weighted by atomic mass is 10.2. The molecule has 0 saturated carbocycles. The van der Waals surface area contributed by atoms with Crippen LogP contribution in [0, 0.1) is 6.92 Å². The first kappa shape index (κ1) is 18.7. The number of hydrogen-bond donors (Lipinski definition) is 2. The number of carbonyl (C=O) groups excluding carboxylic acids is 2. The number of rotatable bonds is 5. The van der Waals surface area contributed by atoms with Gasteiger partial charge in [0.05, 0.1) is 11.4 Å². The van der Waals surface area contributed by atoms with Crippen molar-refractivity contribution in [1.82, 2.24) is 15.1 Å². The maximum absolute atomic E-state index is 12.1. The molecule has 0 aliphatic heterocycles. The van der Waals surface area contributed by atoms with Crippen LogP contribution in [0.3, 0.4) is 0 Å². The molecule has 0 saturated heterocycles. The fourth-order valence-corrected chi connectivity index (χ4v) is 2.82. The van der Waals surface area contributed by atoms with E-state index in [0.717, 1.165) is 6.26 Å². The van der Waals surface area contributed by atoms with Gasteiger partial charge in [0.15, 0.2) is 9.84 Å². The first-order valence-electron chi connectivity index (χ1n) is 7.57. The number of hydrogen-bond acceptors (Lipinski definition) is 5. The van der Waals surface area contributed by atoms with Gasteiger partial charge in [-0.2, -0.15) is 5.10 Å². The van der Waals surface area contributed by atoms with Gasteiger partial charge in [-0.25, -0.2) is 8.42 Å². The first-order chi connectivity index (χ1) is 11.7. The molecular weight excluding hydrogens is 344 g/mol. The normalized spacial score (nSPS) is 12.4. The maximum atomic E-state index is 12.1. The fourth-order valence-electron chi connectivity index (χ4n) is 2.17. The summed E-state index contributed by atoms with van der Waals surface area (Å²) < 4.78 is 24.9. The Labute approximate surface area is 146 Å².